The summed E-state index contributed by atoms with van der Waals surface area (Å²) < 4.78 is 10.7. The first-order valence-corrected chi connectivity index (χ1v) is 7.65. The second kappa shape index (κ2) is 6.75. The van der Waals surface area contributed by atoms with Crippen molar-refractivity contribution in [2.24, 2.45) is 0 Å². The Kier molecular flexibility index (Phi) is 4.53. The lowest BCUT2D eigenvalue weighted by Gasteiger charge is -2.27. The van der Waals surface area contributed by atoms with Crippen LogP contribution in [0.25, 0.3) is 11.3 Å². The van der Waals surface area contributed by atoms with Gasteiger partial charge in [-0.2, -0.15) is 0 Å². The summed E-state index contributed by atoms with van der Waals surface area (Å²) >= 11 is 0. The summed E-state index contributed by atoms with van der Waals surface area (Å²) in [6.45, 7) is 5.25. The predicted octanol–water partition coefficient (Wildman–Crippen LogP) is 2.55. The molecule has 1 saturated heterocycles. The van der Waals surface area contributed by atoms with Crippen molar-refractivity contribution in [3.63, 3.8) is 0 Å². The maximum Gasteiger partial charge on any atom is 0.226 e. The number of rotatable bonds is 4. The Morgan fingerprint density at radius 2 is 2.00 bits per heavy atom. The van der Waals surface area contributed by atoms with Crippen molar-refractivity contribution >= 4 is 5.95 Å². The third kappa shape index (κ3) is 3.20. The van der Waals surface area contributed by atoms with Crippen LogP contribution in [0.3, 0.4) is 0 Å². The van der Waals surface area contributed by atoms with Gasteiger partial charge in [-0.1, -0.05) is 19.1 Å². The number of hydrogen-bond donors (Lipinski definition) is 0. The van der Waals surface area contributed by atoms with E-state index >= 15 is 0 Å². The molecule has 0 spiro atoms. The molecule has 2 heterocycles. The van der Waals surface area contributed by atoms with Gasteiger partial charge < -0.3 is 14.4 Å². The highest BCUT2D eigenvalue weighted by Gasteiger charge is 2.16. The number of aryl methyl sites for hydroxylation is 1. The van der Waals surface area contributed by atoms with Gasteiger partial charge in [0.05, 0.1) is 26.0 Å². The average Bonchev–Trinajstić information content (AvgIpc) is 2.62. The highest BCUT2D eigenvalue weighted by molar-refractivity contribution is 5.63. The van der Waals surface area contributed by atoms with Gasteiger partial charge in [-0.05, 0) is 24.6 Å². The number of morpholine rings is 1. The van der Waals surface area contributed by atoms with Crippen LogP contribution in [0.15, 0.2) is 30.3 Å². The number of hydrogen-bond acceptors (Lipinski definition) is 5. The molecule has 3 rings (SSSR count). The quantitative estimate of drug-likeness (QED) is 0.868. The Bertz CT molecular complexity index is 640. The number of ether oxygens (including phenoxy) is 2. The molecule has 0 amide bonds. The Hall–Kier alpha value is -2.14. The van der Waals surface area contributed by atoms with Gasteiger partial charge in [-0.25, -0.2) is 9.97 Å². The zero-order chi connectivity index (χ0) is 15.4. The fraction of sp³-hybridized carbons (Fsp3) is 0.412. The minimum atomic E-state index is 0.730. The van der Waals surface area contributed by atoms with Gasteiger partial charge in [0.1, 0.15) is 5.75 Å². The van der Waals surface area contributed by atoms with Crippen LogP contribution >= 0.6 is 0 Å². The number of aromatic nitrogens is 2. The fourth-order valence-corrected chi connectivity index (χ4v) is 2.50. The lowest BCUT2D eigenvalue weighted by atomic mass is 10.1. The van der Waals surface area contributed by atoms with Crippen LogP contribution in [-0.2, 0) is 11.2 Å². The number of nitrogens with zero attached hydrogens (tertiary/aromatic N) is 3. The molecule has 0 radical (unpaired) electrons. The number of anilines is 1. The van der Waals surface area contributed by atoms with E-state index in [0.29, 0.717) is 0 Å². The van der Waals surface area contributed by atoms with Crippen LogP contribution in [0.5, 0.6) is 5.75 Å². The normalized spacial score (nSPS) is 14.9. The lowest BCUT2D eigenvalue weighted by Crippen LogP contribution is -2.37. The molecular formula is C17H21N3O2. The highest BCUT2D eigenvalue weighted by atomic mass is 16.5. The van der Waals surface area contributed by atoms with Gasteiger partial charge in [0.2, 0.25) is 5.95 Å². The first-order chi connectivity index (χ1) is 10.8. The van der Waals surface area contributed by atoms with E-state index in [2.05, 4.69) is 22.9 Å². The first kappa shape index (κ1) is 14.8. The monoisotopic (exact) mass is 299 g/mol. The van der Waals surface area contributed by atoms with Gasteiger partial charge in [0, 0.05) is 24.3 Å². The van der Waals surface area contributed by atoms with E-state index in [1.54, 1.807) is 7.11 Å². The summed E-state index contributed by atoms with van der Waals surface area (Å²) in [7, 11) is 1.68. The smallest absolute Gasteiger partial charge is 0.226 e. The van der Waals surface area contributed by atoms with E-state index in [1.807, 2.05) is 24.3 Å². The number of benzene rings is 1. The molecule has 0 N–H and O–H groups in total. The van der Waals surface area contributed by atoms with Crippen LogP contribution in [0, 0.1) is 0 Å². The molecule has 0 bridgehead atoms. The van der Waals surface area contributed by atoms with E-state index < -0.39 is 0 Å². The molecule has 2 aromatic rings. The zero-order valence-electron chi connectivity index (χ0n) is 13.1. The van der Waals surface area contributed by atoms with Crippen molar-refractivity contribution in [1.29, 1.82) is 0 Å². The van der Waals surface area contributed by atoms with Gasteiger partial charge in [-0.3, -0.25) is 0 Å². The molecule has 22 heavy (non-hydrogen) atoms. The maximum absolute atomic E-state index is 5.41. The molecule has 1 fully saturated rings. The second-order valence-corrected chi connectivity index (χ2v) is 5.23. The standard InChI is InChI=1S/C17H21N3O2/c1-3-14-12-16(13-5-4-6-15(11-13)21-2)19-17(18-14)20-7-9-22-10-8-20/h4-6,11-12H,3,7-10H2,1-2H3. The summed E-state index contributed by atoms with van der Waals surface area (Å²) in [5, 5.41) is 0. The molecule has 0 unspecified atom stereocenters. The molecule has 0 aliphatic carbocycles. The Labute approximate surface area is 130 Å². The molecule has 0 saturated carbocycles. The SMILES string of the molecule is CCc1cc(-c2cccc(OC)c2)nc(N2CCOCC2)n1. The van der Waals surface area contributed by atoms with Crippen molar-refractivity contribution in [1.82, 2.24) is 9.97 Å². The minimum absolute atomic E-state index is 0.730. The van der Waals surface area contributed by atoms with Gasteiger partial charge in [0.15, 0.2) is 0 Å². The van der Waals surface area contributed by atoms with Crippen LogP contribution < -0.4 is 9.64 Å². The Morgan fingerprint density at radius 3 is 2.73 bits per heavy atom. The van der Waals surface area contributed by atoms with Crippen LogP contribution in [0.2, 0.25) is 0 Å². The second-order valence-electron chi connectivity index (χ2n) is 5.23. The average molecular weight is 299 g/mol. The van der Waals surface area contributed by atoms with E-state index in [-0.39, 0.29) is 0 Å². The van der Waals surface area contributed by atoms with Crippen molar-refractivity contribution in [2.75, 3.05) is 38.3 Å². The summed E-state index contributed by atoms with van der Waals surface area (Å²) in [5.41, 5.74) is 3.03. The molecule has 1 aliphatic rings. The third-order valence-corrected chi connectivity index (χ3v) is 3.79. The fourth-order valence-electron chi connectivity index (χ4n) is 2.50. The molecular weight excluding hydrogens is 278 g/mol. The number of methoxy groups -OCH3 is 1. The largest absolute Gasteiger partial charge is 0.497 e. The van der Waals surface area contributed by atoms with Crippen LogP contribution in [-0.4, -0.2) is 43.4 Å². The van der Waals surface area contributed by atoms with E-state index in [9.17, 15) is 0 Å². The molecule has 5 heteroatoms. The molecule has 1 aromatic heterocycles. The Morgan fingerprint density at radius 1 is 1.18 bits per heavy atom. The maximum atomic E-state index is 5.41. The van der Waals surface area contributed by atoms with E-state index in [4.69, 9.17) is 14.5 Å². The minimum Gasteiger partial charge on any atom is -0.497 e. The van der Waals surface area contributed by atoms with Crippen molar-refractivity contribution in [2.45, 2.75) is 13.3 Å². The van der Waals surface area contributed by atoms with E-state index in [1.165, 1.54) is 0 Å². The van der Waals surface area contributed by atoms with E-state index in [0.717, 1.165) is 61.4 Å². The molecule has 116 valence electrons. The van der Waals surface area contributed by atoms with Crippen molar-refractivity contribution in [3.8, 4) is 17.0 Å². The highest BCUT2D eigenvalue weighted by Crippen LogP contribution is 2.25. The molecule has 1 aromatic carbocycles. The first-order valence-electron chi connectivity index (χ1n) is 7.65. The van der Waals surface area contributed by atoms with Gasteiger partial charge in [-0.15, -0.1) is 0 Å². The topological polar surface area (TPSA) is 47.5 Å². The third-order valence-electron chi connectivity index (χ3n) is 3.79. The predicted molar refractivity (Wildman–Crippen MR) is 86.4 cm³/mol. The molecule has 1 aliphatic heterocycles. The van der Waals surface area contributed by atoms with Gasteiger partial charge in [0.25, 0.3) is 0 Å². The summed E-state index contributed by atoms with van der Waals surface area (Å²) in [6.07, 6.45) is 0.886. The van der Waals surface area contributed by atoms with Gasteiger partial charge >= 0.3 is 0 Å². The van der Waals surface area contributed by atoms with Crippen LogP contribution in [0.1, 0.15) is 12.6 Å². The van der Waals surface area contributed by atoms with Crippen molar-refractivity contribution < 1.29 is 9.47 Å². The summed E-state index contributed by atoms with van der Waals surface area (Å²) in [5.74, 6) is 1.63. The zero-order valence-corrected chi connectivity index (χ0v) is 13.1. The Balaban J connectivity index is 1.99. The van der Waals surface area contributed by atoms with Crippen molar-refractivity contribution in [3.05, 3.63) is 36.0 Å². The summed E-state index contributed by atoms with van der Waals surface area (Å²) in [6, 6.07) is 10.0. The van der Waals surface area contributed by atoms with Crippen LogP contribution in [0.4, 0.5) is 5.95 Å². The lowest BCUT2D eigenvalue weighted by molar-refractivity contribution is 0.122. The molecule has 0 atom stereocenters. The molecule has 5 nitrogen and oxygen atoms in total. The summed E-state index contributed by atoms with van der Waals surface area (Å²) in [4.78, 5) is 11.6.